The van der Waals surface area contributed by atoms with E-state index in [4.69, 9.17) is 9.84 Å². The minimum Gasteiger partial charge on any atom is -0.481 e. The maximum atomic E-state index is 11.1. The third-order valence-corrected chi connectivity index (χ3v) is 4.54. The van der Waals surface area contributed by atoms with Crippen molar-refractivity contribution in [1.29, 1.82) is 0 Å². The van der Waals surface area contributed by atoms with Gasteiger partial charge in [0.2, 0.25) is 0 Å². The molecule has 20 heavy (non-hydrogen) atoms. The van der Waals surface area contributed by atoms with Crippen LogP contribution in [-0.4, -0.2) is 48.8 Å². The molecule has 0 radical (unpaired) electrons. The fraction of sp³-hybridized carbons (Fsp3) is 0.938. The number of methoxy groups -OCH3 is 1. The normalized spacial score (nSPS) is 17.4. The lowest BCUT2D eigenvalue weighted by atomic mass is 9.87. The highest BCUT2D eigenvalue weighted by Gasteiger charge is 2.31. The molecule has 1 atom stereocenters. The zero-order valence-corrected chi connectivity index (χ0v) is 13.5. The molecule has 4 heteroatoms. The van der Waals surface area contributed by atoms with Crippen molar-refractivity contribution in [3.8, 4) is 0 Å². The van der Waals surface area contributed by atoms with Gasteiger partial charge in [-0.2, -0.15) is 0 Å². The molecule has 1 unspecified atom stereocenters. The molecule has 4 nitrogen and oxygen atoms in total. The fourth-order valence-electron chi connectivity index (χ4n) is 2.59. The summed E-state index contributed by atoms with van der Waals surface area (Å²) in [6.07, 6.45) is 5.50. The van der Waals surface area contributed by atoms with Crippen molar-refractivity contribution < 1.29 is 14.6 Å². The van der Waals surface area contributed by atoms with Gasteiger partial charge in [-0.3, -0.25) is 9.69 Å². The number of carboxylic acid groups (broad SMARTS) is 1. The summed E-state index contributed by atoms with van der Waals surface area (Å²) >= 11 is 0. The smallest absolute Gasteiger partial charge is 0.309 e. The van der Waals surface area contributed by atoms with Crippen LogP contribution in [0.5, 0.6) is 0 Å². The van der Waals surface area contributed by atoms with Crippen LogP contribution in [0.3, 0.4) is 0 Å². The van der Waals surface area contributed by atoms with Gasteiger partial charge in [0, 0.05) is 19.7 Å². The van der Waals surface area contributed by atoms with Crippen molar-refractivity contribution in [1.82, 2.24) is 4.90 Å². The summed E-state index contributed by atoms with van der Waals surface area (Å²) in [5.74, 6) is 0.169. The zero-order chi connectivity index (χ0) is 15.2. The molecular formula is C16H31NO3. The van der Waals surface area contributed by atoms with Gasteiger partial charge in [0.1, 0.15) is 0 Å². The Bertz CT molecular complexity index is 300. The molecule has 1 aliphatic rings. The van der Waals surface area contributed by atoms with E-state index in [2.05, 4.69) is 11.8 Å². The number of rotatable bonds is 11. The molecule has 0 bridgehead atoms. The monoisotopic (exact) mass is 285 g/mol. The van der Waals surface area contributed by atoms with E-state index in [1.807, 2.05) is 13.8 Å². The van der Waals surface area contributed by atoms with Gasteiger partial charge in [-0.1, -0.05) is 6.42 Å². The maximum Gasteiger partial charge on any atom is 0.309 e. The van der Waals surface area contributed by atoms with E-state index >= 15 is 0 Å². The Morgan fingerprint density at radius 3 is 2.50 bits per heavy atom. The largest absolute Gasteiger partial charge is 0.481 e. The van der Waals surface area contributed by atoms with Crippen LogP contribution in [0.1, 0.15) is 52.9 Å². The second kappa shape index (κ2) is 7.99. The topological polar surface area (TPSA) is 49.8 Å². The van der Waals surface area contributed by atoms with Crippen LogP contribution < -0.4 is 0 Å². The van der Waals surface area contributed by atoms with Gasteiger partial charge in [0.25, 0.3) is 0 Å². The standard InChI is InChI=1S/C16H31NO3/c1-13(14-7-8-14)17(11-12-20-4)10-6-5-9-16(2,3)15(18)19/h13-14H,5-12H2,1-4H3,(H,18,19). The van der Waals surface area contributed by atoms with Crippen molar-refractivity contribution >= 4 is 5.97 Å². The molecule has 1 saturated carbocycles. The second-order valence-electron chi connectivity index (χ2n) is 6.75. The predicted octanol–water partition coefficient (Wildman–Crippen LogP) is 3.01. The Morgan fingerprint density at radius 2 is 2.00 bits per heavy atom. The quantitative estimate of drug-likeness (QED) is 0.593. The van der Waals surface area contributed by atoms with Crippen molar-refractivity contribution in [3.63, 3.8) is 0 Å². The zero-order valence-electron chi connectivity index (χ0n) is 13.5. The molecule has 0 aromatic heterocycles. The molecule has 0 heterocycles. The van der Waals surface area contributed by atoms with Gasteiger partial charge in [0.05, 0.1) is 12.0 Å². The number of ether oxygens (including phenoxy) is 1. The van der Waals surface area contributed by atoms with E-state index in [0.29, 0.717) is 6.04 Å². The first-order chi connectivity index (χ1) is 9.38. The summed E-state index contributed by atoms with van der Waals surface area (Å²) in [6, 6.07) is 0.637. The van der Waals surface area contributed by atoms with Crippen LogP contribution in [0.15, 0.2) is 0 Å². The number of hydrogen-bond acceptors (Lipinski definition) is 3. The van der Waals surface area contributed by atoms with Gasteiger partial charge < -0.3 is 9.84 Å². The van der Waals surface area contributed by atoms with Crippen molar-refractivity contribution in [3.05, 3.63) is 0 Å². The Morgan fingerprint density at radius 1 is 1.35 bits per heavy atom. The first-order valence-corrected chi connectivity index (χ1v) is 7.85. The number of carbonyl (C=O) groups is 1. The van der Waals surface area contributed by atoms with E-state index in [1.165, 1.54) is 12.8 Å². The number of hydrogen-bond donors (Lipinski definition) is 1. The molecule has 0 spiro atoms. The Balaban J connectivity index is 2.29. The average Bonchev–Trinajstić information content (AvgIpc) is 3.21. The number of aliphatic carboxylic acids is 1. The molecule has 0 saturated heterocycles. The van der Waals surface area contributed by atoms with Crippen LogP contribution in [0.4, 0.5) is 0 Å². The molecule has 1 fully saturated rings. The van der Waals surface area contributed by atoms with Crippen LogP contribution in [0, 0.1) is 11.3 Å². The third-order valence-electron chi connectivity index (χ3n) is 4.54. The summed E-state index contributed by atoms with van der Waals surface area (Å²) in [6.45, 7) is 8.75. The van der Waals surface area contributed by atoms with E-state index in [1.54, 1.807) is 7.11 Å². The highest BCUT2D eigenvalue weighted by atomic mass is 16.5. The van der Waals surface area contributed by atoms with Gasteiger partial charge in [-0.15, -0.1) is 0 Å². The van der Waals surface area contributed by atoms with E-state index in [0.717, 1.165) is 44.9 Å². The summed E-state index contributed by atoms with van der Waals surface area (Å²) in [5, 5.41) is 9.11. The van der Waals surface area contributed by atoms with E-state index in [9.17, 15) is 4.79 Å². The van der Waals surface area contributed by atoms with Gasteiger partial charge in [0.15, 0.2) is 0 Å². The molecule has 0 aromatic rings. The SMILES string of the molecule is COCCN(CCCCC(C)(C)C(=O)O)C(C)C1CC1. The fourth-order valence-corrected chi connectivity index (χ4v) is 2.59. The minimum absolute atomic E-state index is 0.598. The first kappa shape index (κ1) is 17.4. The average molecular weight is 285 g/mol. The highest BCUT2D eigenvalue weighted by molar-refractivity contribution is 5.73. The van der Waals surface area contributed by atoms with Crippen molar-refractivity contribution in [2.24, 2.45) is 11.3 Å². The summed E-state index contributed by atoms with van der Waals surface area (Å²) in [7, 11) is 1.75. The van der Waals surface area contributed by atoms with Crippen LogP contribution >= 0.6 is 0 Å². The summed E-state index contributed by atoms with van der Waals surface area (Å²) in [5.41, 5.74) is -0.598. The molecule has 0 aliphatic heterocycles. The lowest BCUT2D eigenvalue weighted by Gasteiger charge is -2.29. The Labute approximate surface area is 123 Å². The van der Waals surface area contributed by atoms with E-state index < -0.39 is 11.4 Å². The number of nitrogens with zero attached hydrogens (tertiary/aromatic N) is 1. The Kier molecular flexibility index (Phi) is 6.96. The molecule has 118 valence electrons. The van der Waals surface area contributed by atoms with Crippen LogP contribution in [0.2, 0.25) is 0 Å². The summed E-state index contributed by atoms with van der Waals surface area (Å²) in [4.78, 5) is 13.6. The van der Waals surface area contributed by atoms with Crippen molar-refractivity contribution in [2.45, 2.75) is 58.9 Å². The highest BCUT2D eigenvalue weighted by Crippen LogP contribution is 2.35. The van der Waals surface area contributed by atoms with Gasteiger partial charge >= 0.3 is 5.97 Å². The third kappa shape index (κ3) is 5.80. The van der Waals surface area contributed by atoms with Gasteiger partial charge in [-0.25, -0.2) is 0 Å². The first-order valence-electron chi connectivity index (χ1n) is 7.85. The number of carboxylic acids is 1. The molecule has 0 aromatic carbocycles. The lowest BCUT2D eigenvalue weighted by molar-refractivity contribution is -0.147. The minimum atomic E-state index is -0.694. The molecule has 1 N–H and O–H groups in total. The molecule has 1 aliphatic carbocycles. The predicted molar refractivity (Wildman–Crippen MR) is 80.9 cm³/mol. The maximum absolute atomic E-state index is 11.1. The van der Waals surface area contributed by atoms with Crippen molar-refractivity contribution in [2.75, 3.05) is 26.8 Å². The number of unbranched alkanes of at least 4 members (excludes halogenated alkanes) is 1. The van der Waals surface area contributed by atoms with Crippen LogP contribution in [-0.2, 0) is 9.53 Å². The molecule has 0 amide bonds. The van der Waals surface area contributed by atoms with Gasteiger partial charge in [-0.05, 0) is 58.9 Å². The Hall–Kier alpha value is -0.610. The lowest BCUT2D eigenvalue weighted by Crippen LogP contribution is -2.38. The van der Waals surface area contributed by atoms with Crippen LogP contribution in [0.25, 0.3) is 0 Å². The second-order valence-corrected chi connectivity index (χ2v) is 6.75. The van der Waals surface area contributed by atoms with E-state index in [-0.39, 0.29) is 0 Å². The molecule has 1 rings (SSSR count). The summed E-state index contributed by atoms with van der Waals surface area (Å²) < 4.78 is 5.20. The molecular weight excluding hydrogens is 254 g/mol.